The normalized spacial score (nSPS) is 17.1. The van der Waals surface area contributed by atoms with Crippen molar-refractivity contribution in [1.82, 2.24) is 14.7 Å². The van der Waals surface area contributed by atoms with Gasteiger partial charge in [-0.2, -0.15) is 0 Å². The molecule has 0 spiro atoms. The van der Waals surface area contributed by atoms with Gasteiger partial charge in [0.2, 0.25) is 5.28 Å². The highest BCUT2D eigenvalue weighted by molar-refractivity contribution is 7.97. The second-order valence-corrected chi connectivity index (χ2v) is 5.77. The lowest BCUT2D eigenvalue weighted by Gasteiger charge is -2.09. The summed E-state index contributed by atoms with van der Waals surface area (Å²) in [5.74, 6) is 0. The van der Waals surface area contributed by atoms with E-state index in [0.29, 0.717) is 10.7 Å². The van der Waals surface area contributed by atoms with Crippen LogP contribution in [0.2, 0.25) is 10.4 Å². The average molecular weight is 302 g/mol. The van der Waals surface area contributed by atoms with E-state index in [4.69, 9.17) is 23.2 Å². The average Bonchev–Trinajstić information content (AvgIpc) is 3.05. The van der Waals surface area contributed by atoms with Crippen LogP contribution in [0.5, 0.6) is 0 Å². The van der Waals surface area contributed by atoms with Crippen molar-refractivity contribution < 1.29 is 5.11 Å². The fraction of sp³-hybridized carbons (Fsp3) is 0.273. The molecule has 2 N–H and O–H groups in total. The molecule has 0 radical (unpaired) electrons. The van der Waals surface area contributed by atoms with E-state index < -0.39 is 5.72 Å². The minimum absolute atomic E-state index is 0.137. The molecule has 4 nitrogen and oxygen atoms in total. The third-order valence-electron chi connectivity index (χ3n) is 2.68. The molecule has 1 aromatic heterocycles. The van der Waals surface area contributed by atoms with Gasteiger partial charge in [0.25, 0.3) is 0 Å². The molecule has 2 aromatic rings. The largest absolute Gasteiger partial charge is 0.375 e. The second kappa shape index (κ2) is 4.51. The van der Waals surface area contributed by atoms with Crippen molar-refractivity contribution in [2.45, 2.75) is 23.5 Å². The van der Waals surface area contributed by atoms with E-state index in [9.17, 15) is 5.11 Å². The monoisotopic (exact) mass is 301 g/mol. The predicted molar refractivity (Wildman–Crippen MR) is 72.7 cm³/mol. The number of hydrogen-bond acceptors (Lipinski definition) is 5. The molecular formula is C11H9Cl2N3OS. The van der Waals surface area contributed by atoms with Crippen LogP contribution in [-0.4, -0.2) is 20.8 Å². The van der Waals surface area contributed by atoms with Gasteiger partial charge in [0.15, 0.2) is 0 Å². The SMILES string of the molecule is OC1(NSc2ccc3nc(Cl)nc(Cl)c3c2)CC1. The lowest BCUT2D eigenvalue weighted by Crippen LogP contribution is -2.23. The molecular weight excluding hydrogens is 293 g/mol. The van der Waals surface area contributed by atoms with Gasteiger partial charge in [-0.15, -0.1) is 0 Å². The van der Waals surface area contributed by atoms with E-state index in [1.54, 1.807) is 0 Å². The highest BCUT2D eigenvalue weighted by Gasteiger charge is 2.40. The molecule has 1 saturated carbocycles. The summed E-state index contributed by atoms with van der Waals surface area (Å²) < 4.78 is 3.01. The summed E-state index contributed by atoms with van der Waals surface area (Å²) in [5.41, 5.74) is -0.00519. The van der Waals surface area contributed by atoms with Crippen LogP contribution in [0.3, 0.4) is 0 Å². The van der Waals surface area contributed by atoms with Gasteiger partial charge < -0.3 is 5.11 Å². The number of aliphatic hydroxyl groups is 1. The van der Waals surface area contributed by atoms with E-state index in [1.165, 1.54) is 11.9 Å². The molecule has 0 saturated heterocycles. The summed E-state index contributed by atoms with van der Waals surface area (Å²) in [6, 6.07) is 5.60. The molecule has 0 atom stereocenters. The summed E-state index contributed by atoms with van der Waals surface area (Å²) in [6.45, 7) is 0. The van der Waals surface area contributed by atoms with E-state index in [1.807, 2.05) is 18.2 Å². The Morgan fingerprint density at radius 2 is 2.06 bits per heavy atom. The Morgan fingerprint density at radius 1 is 1.28 bits per heavy atom. The number of hydrogen-bond donors (Lipinski definition) is 2. The quantitative estimate of drug-likeness (QED) is 0.395. The van der Waals surface area contributed by atoms with Gasteiger partial charge in [-0.3, -0.25) is 0 Å². The molecule has 1 fully saturated rings. The Hall–Kier alpha value is -0.590. The van der Waals surface area contributed by atoms with Crippen molar-refractivity contribution in [3.63, 3.8) is 0 Å². The van der Waals surface area contributed by atoms with Crippen LogP contribution >= 0.6 is 35.1 Å². The smallest absolute Gasteiger partial charge is 0.224 e. The molecule has 18 heavy (non-hydrogen) atoms. The summed E-state index contributed by atoms with van der Waals surface area (Å²) in [4.78, 5) is 8.93. The van der Waals surface area contributed by atoms with Gasteiger partial charge in [0.05, 0.1) is 5.52 Å². The highest BCUT2D eigenvalue weighted by atomic mass is 35.5. The maximum atomic E-state index is 9.69. The summed E-state index contributed by atoms with van der Waals surface area (Å²) in [5, 5.41) is 10.9. The first-order valence-electron chi connectivity index (χ1n) is 5.35. The van der Waals surface area contributed by atoms with E-state index in [2.05, 4.69) is 14.7 Å². The Labute approximate surface area is 118 Å². The number of halogens is 2. The zero-order valence-electron chi connectivity index (χ0n) is 9.15. The van der Waals surface area contributed by atoms with Crippen LogP contribution in [0.1, 0.15) is 12.8 Å². The number of rotatable bonds is 3. The van der Waals surface area contributed by atoms with Gasteiger partial charge in [-0.1, -0.05) is 11.6 Å². The predicted octanol–water partition coefficient (Wildman–Crippen LogP) is 3.02. The molecule has 1 aliphatic carbocycles. The minimum atomic E-state index is -0.708. The second-order valence-electron chi connectivity index (χ2n) is 4.20. The first kappa shape index (κ1) is 12.4. The molecule has 7 heteroatoms. The van der Waals surface area contributed by atoms with Gasteiger partial charge in [0, 0.05) is 10.3 Å². The fourth-order valence-electron chi connectivity index (χ4n) is 1.48. The molecule has 3 rings (SSSR count). The van der Waals surface area contributed by atoms with Crippen LogP contribution in [-0.2, 0) is 0 Å². The van der Waals surface area contributed by atoms with Crippen molar-refractivity contribution in [2.75, 3.05) is 0 Å². The van der Waals surface area contributed by atoms with Gasteiger partial charge >= 0.3 is 0 Å². The van der Waals surface area contributed by atoms with E-state index >= 15 is 0 Å². The molecule has 94 valence electrons. The topological polar surface area (TPSA) is 58.0 Å². The first-order chi connectivity index (χ1) is 8.56. The molecule has 1 heterocycles. The van der Waals surface area contributed by atoms with Crippen LogP contribution in [0.4, 0.5) is 0 Å². The summed E-state index contributed by atoms with van der Waals surface area (Å²) in [6.07, 6.45) is 1.57. The van der Waals surface area contributed by atoms with Crippen LogP contribution < -0.4 is 4.72 Å². The third kappa shape index (κ3) is 2.55. The van der Waals surface area contributed by atoms with Crippen molar-refractivity contribution in [3.8, 4) is 0 Å². The summed E-state index contributed by atoms with van der Waals surface area (Å²) in [7, 11) is 0. The Bertz CT molecular complexity index is 619. The third-order valence-corrected chi connectivity index (χ3v) is 4.10. The van der Waals surface area contributed by atoms with Gasteiger partial charge in [-0.25, -0.2) is 14.7 Å². The first-order valence-corrected chi connectivity index (χ1v) is 6.92. The minimum Gasteiger partial charge on any atom is -0.375 e. The van der Waals surface area contributed by atoms with Crippen molar-refractivity contribution in [1.29, 1.82) is 0 Å². The molecule has 0 unspecified atom stereocenters. The zero-order chi connectivity index (χ0) is 12.8. The number of fused-ring (bicyclic) bond motifs is 1. The number of aromatic nitrogens is 2. The van der Waals surface area contributed by atoms with Gasteiger partial charge in [-0.05, 0) is 54.6 Å². The molecule has 0 aliphatic heterocycles. The Kier molecular flexibility index (Phi) is 3.11. The lowest BCUT2D eigenvalue weighted by molar-refractivity contribution is 0.142. The van der Waals surface area contributed by atoms with E-state index in [0.717, 1.165) is 23.1 Å². The van der Waals surface area contributed by atoms with Crippen molar-refractivity contribution in [3.05, 3.63) is 28.6 Å². The number of nitrogens with one attached hydrogen (secondary N) is 1. The molecule has 1 aliphatic rings. The Morgan fingerprint density at radius 3 is 2.78 bits per heavy atom. The van der Waals surface area contributed by atoms with Crippen LogP contribution in [0.25, 0.3) is 10.9 Å². The molecule has 1 aromatic carbocycles. The lowest BCUT2D eigenvalue weighted by atomic mass is 10.2. The standard InChI is InChI=1S/C11H9Cl2N3OS/c12-9-7-5-6(18-16-11(17)3-4-11)1-2-8(7)14-10(13)15-9/h1-2,5,16-17H,3-4H2. The molecule has 0 amide bonds. The molecule has 0 bridgehead atoms. The number of benzene rings is 1. The fourth-order valence-corrected chi connectivity index (χ4v) is 2.76. The maximum absolute atomic E-state index is 9.69. The van der Waals surface area contributed by atoms with Crippen LogP contribution in [0.15, 0.2) is 23.1 Å². The Balaban J connectivity index is 1.90. The number of nitrogens with zero attached hydrogens (tertiary/aromatic N) is 2. The maximum Gasteiger partial charge on any atom is 0.224 e. The van der Waals surface area contributed by atoms with Crippen LogP contribution in [0, 0.1) is 0 Å². The van der Waals surface area contributed by atoms with Crippen molar-refractivity contribution >= 4 is 46.1 Å². The highest BCUT2D eigenvalue weighted by Crippen LogP contribution is 2.36. The summed E-state index contributed by atoms with van der Waals surface area (Å²) >= 11 is 13.1. The zero-order valence-corrected chi connectivity index (χ0v) is 11.5. The van der Waals surface area contributed by atoms with Crippen molar-refractivity contribution in [2.24, 2.45) is 0 Å². The van der Waals surface area contributed by atoms with Gasteiger partial charge in [0.1, 0.15) is 10.9 Å². The van der Waals surface area contributed by atoms with E-state index in [-0.39, 0.29) is 5.28 Å².